The highest BCUT2D eigenvalue weighted by Gasteiger charge is 2.23. The third kappa shape index (κ3) is 3.54. The van der Waals surface area contributed by atoms with Gasteiger partial charge in [-0.15, -0.1) is 0 Å². The van der Waals surface area contributed by atoms with Gasteiger partial charge in [-0.2, -0.15) is 0 Å². The molecule has 0 radical (unpaired) electrons. The summed E-state index contributed by atoms with van der Waals surface area (Å²) in [5.74, 6) is 1.96. The zero-order chi connectivity index (χ0) is 14.5. The fraction of sp³-hybridized carbons (Fsp3) is 0.667. The van der Waals surface area contributed by atoms with Gasteiger partial charge in [0.2, 0.25) is 0 Å². The molecule has 0 saturated heterocycles. The van der Waals surface area contributed by atoms with Crippen LogP contribution in [-0.4, -0.2) is 13.7 Å². The van der Waals surface area contributed by atoms with Crippen molar-refractivity contribution in [2.75, 3.05) is 13.7 Å². The number of hydrogen-bond donors (Lipinski definition) is 1. The van der Waals surface area contributed by atoms with Gasteiger partial charge in [0.25, 0.3) is 0 Å². The average Bonchev–Trinajstić information content (AvgIpc) is 2.36. The molecule has 2 nitrogen and oxygen atoms in total. The van der Waals surface area contributed by atoms with Gasteiger partial charge in [0, 0.05) is 6.04 Å². The van der Waals surface area contributed by atoms with Crippen LogP contribution in [0.5, 0.6) is 5.75 Å². The minimum Gasteiger partial charge on any atom is -0.496 e. The highest BCUT2D eigenvalue weighted by atomic mass is 16.5. The monoisotopic (exact) mass is 275 g/mol. The van der Waals surface area contributed by atoms with Crippen molar-refractivity contribution in [3.8, 4) is 5.75 Å². The second kappa shape index (κ2) is 7.12. The van der Waals surface area contributed by atoms with Crippen LogP contribution in [0.2, 0.25) is 0 Å². The Morgan fingerprint density at radius 1 is 1.25 bits per heavy atom. The van der Waals surface area contributed by atoms with Crippen molar-refractivity contribution in [3.63, 3.8) is 0 Å². The van der Waals surface area contributed by atoms with Crippen LogP contribution in [0.15, 0.2) is 12.1 Å². The maximum Gasteiger partial charge on any atom is 0.124 e. The summed E-state index contributed by atoms with van der Waals surface area (Å²) in [5.41, 5.74) is 3.93. The summed E-state index contributed by atoms with van der Waals surface area (Å²) in [6.07, 6.45) is 6.73. The third-order valence-electron chi connectivity index (χ3n) is 4.52. The molecule has 2 heteroatoms. The predicted octanol–water partition coefficient (Wildman–Crippen LogP) is 4.54. The van der Waals surface area contributed by atoms with Crippen LogP contribution in [0.25, 0.3) is 0 Å². The van der Waals surface area contributed by atoms with Crippen LogP contribution < -0.4 is 10.1 Å². The number of methoxy groups -OCH3 is 1. The van der Waals surface area contributed by atoms with Gasteiger partial charge in [0.05, 0.1) is 7.11 Å². The van der Waals surface area contributed by atoms with Gasteiger partial charge in [-0.25, -0.2) is 0 Å². The molecule has 0 bridgehead atoms. The molecule has 1 aromatic rings. The maximum absolute atomic E-state index is 5.48. The number of rotatable bonds is 7. The molecule has 1 aliphatic carbocycles. The molecule has 1 N–H and O–H groups in total. The lowest BCUT2D eigenvalue weighted by atomic mass is 9.79. The number of hydrogen-bond acceptors (Lipinski definition) is 2. The lowest BCUT2D eigenvalue weighted by Crippen LogP contribution is -2.26. The average molecular weight is 275 g/mol. The first-order chi connectivity index (χ1) is 9.65. The Morgan fingerprint density at radius 3 is 2.35 bits per heavy atom. The Morgan fingerprint density at radius 2 is 1.90 bits per heavy atom. The number of nitrogens with one attached hydrogen (secondary N) is 1. The zero-order valence-corrected chi connectivity index (χ0v) is 13.5. The van der Waals surface area contributed by atoms with Crippen LogP contribution in [0.4, 0.5) is 0 Å². The maximum atomic E-state index is 5.48. The normalized spacial score (nSPS) is 16.8. The Balaban J connectivity index is 2.17. The van der Waals surface area contributed by atoms with E-state index in [9.17, 15) is 0 Å². The van der Waals surface area contributed by atoms with Crippen LogP contribution in [0.3, 0.4) is 0 Å². The first-order valence-corrected chi connectivity index (χ1v) is 8.04. The quantitative estimate of drug-likeness (QED) is 0.788. The van der Waals surface area contributed by atoms with E-state index in [-0.39, 0.29) is 0 Å². The molecule has 1 aliphatic rings. The van der Waals surface area contributed by atoms with E-state index in [2.05, 4.69) is 38.2 Å². The molecular formula is C18H29NO. The number of benzene rings is 1. The molecule has 1 fully saturated rings. The van der Waals surface area contributed by atoms with Gasteiger partial charge in [-0.3, -0.25) is 0 Å². The Labute approximate surface area is 123 Å². The van der Waals surface area contributed by atoms with Crippen molar-refractivity contribution in [2.24, 2.45) is 5.92 Å². The molecule has 2 rings (SSSR count). The van der Waals surface area contributed by atoms with Crippen molar-refractivity contribution in [3.05, 3.63) is 28.8 Å². The van der Waals surface area contributed by atoms with Gasteiger partial charge >= 0.3 is 0 Å². The Kier molecular flexibility index (Phi) is 5.47. The lowest BCUT2D eigenvalue weighted by molar-refractivity contribution is 0.261. The molecular weight excluding hydrogens is 246 g/mol. The minimum absolute atomic E-state index is 0.503. The van der Waals surface area contributed by atoms with E-state index in [1.807, 2.05) is 0 Å². The smallest absolute Gasteiger partial charge is 0.124 e. The molecule has 0 aliphatic heterocycles. The topological polar surface area (TPSA) is 21.3 Å². The summed E-state index contributed by atoms with van der Waals surface area (Å²) in [5, 5.41) is 3.74. The standard InChI is InChI=1S/C18H29NO/c1-5-9-19-17(12-15-7-6-8-15)16-10-13(2)18(20-4)14(3)11-16/h10-11,15,17,19H,5-9,12H2,1-4H3. The van der Waals surface area contributed by atoms with Gasteiger partial charge < -0.3 is 10.1 Å². The van der Waals surface area contributed by atoms with Crippen LogP contribution in [0.1, 0.15) is 61.8 Å². The summed E-state index contributed by atoms with van der Waals surface area (Å²) >= 11 is 0. The van der Waals surface area contributed by atoms with Gasteiger partial charge in [0.1, 0.15) is 5.75 Å². The summed E-state index contributed by atoms with van der Waals surface area (Å²) in [6, 6.07) is 5.11. The second-order valence-corrected chi connectivity index (χ2v) is 6.23. The molecule has 0 heterocycles. The number of ether oxygens (including phenoxy) is 1. The Hall–Kier alpha value is -1.02. The number of aryl methyl sites for hydroxylation is 2. The minimum atomic E-state index is 0.503. The van der Waals surface area contributed by atoms with Crippen molar-refractivity contribution in [1.82, 2.24) is 5.32 Å². The first kappa shape index (κ1) is 15.4. The van der Waals surface area contributed by atoms with E-state index in [0.29, 0.717) is 6.04 Å². The van der Waals surface area contributed by atoms with Crippen molar-refractivity contribution < 1.29 is 4.74 Å². The van der Waals surface area contributed by atoms with E-state index in [1.165, 1.54) is 48.8 Å². The van der Waals surface area contributed by atoms with Crippen LogP contribution in [-0.2, 0) is 0 Å². The molecule has 0 amide bonds. The summed E-state index contributed by atoms with van der Waals surface area (Å²) in [7, 11) is 1.76. The van der Waals surface area contributed by atoms with Gasteiger partial charge in [-0.1, -0.05) is 38.3 Å². The van der Waals surface area contributed by atoms with E-state index in [1.54, 1.807) is 7.11 Å². The van der Waals surface area contributed by atoms with E-state index in [4.69, 9.17) is 4.74 Å². The molecule has 1 aromatic carbocycles. The largest absolute Gasteiger partial charge is 0.496 e. The zero-order valence-electron chi connectivity index (χ0n) is 13.5. The fourth-order valence-corrected chi connectivity index (χ4v) is 3.22. The molecule has 1 unspecified atom stereocenters. The van der Waals surface area contributed by atoms with Crippen LogP contribution >= 0.6 is 0 Å². The third-order valence-corrected chi connectivity index (χ3v) is 4.52. The van der Waals surface area contributed by atoms with E-state index >= 15 is 0 Å². The molecule has 1 saturated carbocycles. The van der Waals surface area contributed by atoms with Crippen LogP contribution in [0, 0.1) is 19.8 Å². The first-order valence-electron chi connectivity index (χ1n) is 8.04. The predicted molar refractivity (Wildman–Crippen MR) is 85.5 cm³/mol. The molecule has 1 atom stereocenters. The van der Waals surface area contributed by atoms with Crippen molar-refractivity contribution >= 4 is 0 Å². The van der Waals surface area contributed by atoms with E-state index in [0.717, 1.165) is 18.2 Å². The summed E-state index contributed by atoms with van der Waals surface area (Å²) in [4.78, 5) is 0. The molecule has 0 aromatic heterocycles. The van der Waals surface area contributed by atoms with Crippen molar-refractivity contribution in [2.45, 2.75) is 58.9 Å². The summed E-state index contributed by atoms with van der Waals surface area (Å²) < 4.78 is 5.48. The second-order valence-electron chi connectivity index (χ2n) is 6.23. The lowest BCUT2D eigenvalue weighted by Gasteiger charge is -2.31. The highest BCUT2D eigenvalue weighted by molar-refractivity contribution is 5.44. The SMILES string of the molecule is CCCNC(CC1CCC1)c1cc(C)c(OC)c(C)c1. The van der Waals surface area contributed by atoms with E-state index < -0.39 is 0 Å². The van der Waals surface area contributed by atoms with Gasteiger partial charge in [-0.05, 0) is 55.8 Å². The molecule has 20 heavy (non-hydrogen) atoms. The van der Waals surface area contributed by atoms with Gasteiger partial charge in [0.15, 0.2) is 0 Å². The molecule has 0 spiro atoms. The van der Waals surface area contributed by atoms with Crippen molar-refractivity contribution in [1.29, 1.82) is 0 Å². The fourth-order valence-electron chi connectivity index (χ4n) is 3.22. The molecule has 112 valence electrons. The Bertz CT molecular complexity index is 414. The summed E-state index contributed by atoms with van der Waals surface area (Å²) in [6.45, 7) is 7.63. The highest BCUT2D eigenvalue weighted by Crippen LogP contribution is 2.36.